The molecule has 3 heteroatoms. The molecule has 0 saturated carbocycles. The van der Waals surface area contributed by atoms with Gasteiger partial charge in [0.15, 0.2) is 0 Å². The first-order chi connectivity index (χ1) is 6.41. The molecule has 14 heavy (non-hydrogen) atoms. The summed E-state index contributed by atoms with van der Waals surface area (Å²) < 4.78 is 5.35. The molecule has 0 spiro atoms. The molecule has 1 aliphatic heterocycles. The number of amides is 1. The molecule has 80 valence electrons. The van der Waals surface area contributed by atoms with Crippen molar-refractivity contribution in [2.75, 3.05) is 20.2 Å². The summed E-state index contributed by atoms with van der Waals surface area (Å²) in [6, 6.07) is 0. The molecule has 1 heterocycles. The summed E-state index contributed by atoms with van der Waals surface area (Å²) in [4.78, 5) is 13.5. The molecule has 1 aliphatic rings. The Balaban J connectivity index is 2.49. The minimum atomic E-state index is -0.312. The highest BCUT2D eigenvalue weighted by atomic mass is 16.5. The molecule has 0 N–H and O–H groups in total. The van der Waals surface area contributed by atoms with E-state index in [0.717, 1.165) is 18.8 Å². The Morgan fingerprint density at radius 1 is 1.57 bits per heavy atom. The largest absolute Gasteiger partial charge is 0.496 e. The minimum Gasteiger partial charge on any atom is -0.496 e. The maximum atomic E-state index is 11.8. The van der Waals surface area contributed by atoms with Crippen LogP contribution in [0.2, 0.25) is 0 Å². The van der Waals surface area contributed by atoms with Crippen molar-refractivity contribution in [3.8, 4) is 0 Å². The van der Waals surface area contributed by atoms with Crippen LogP contribution in [0.25, 0.3) is 0 Å². The van der Waals surface area contributed by atoms with Gasteiger partial charge in [-0.3, -0.25) is 4.79 Å². The van der Waals surface area contributed by atoms with Gasteiger partial charge in [-0.25, -0.2) is 0 Å². The lowest BCUT2D eigenvalue weighted by atomic mass is 9.95. The number of likely N-dealkylation sites (N-methyl/N-ethyl adjacent to an activating group) is 1. The van der Waals surface area contributed by atoms with E-state index >= 15 is 0 Å². The lowest BCUT2D eigenvalue weighted by molar-refractivity contribution is -0.138. The molecule has 3 nitrogen and oxygen atoms in total. The van der Waals surface area contributed by atoms with Crippen LogP contribution >= 0.6 is 0 Å². The van der Waals surface area contributed by atoms with E-state index in [4.69, 9.17) is 4.74 Å². The minimum absolute atomic E-state index is 0.147. The Hall–Kier alpha value is -0.990. The highest BCUT2D eigenvalue weighted by Crippen LogP contribution is 2.18. The average molecular weight is 197 g/mol. The van der Waals surface area contributed by atoms with E-state index in [1.54, 1.807) is 4.90 Å². The van der Waals surface area contributed by atoms with Crippen LogP contribution in [-0.2, 0) is 9.53 Å². The molecular formula is C11H19NO2. The van der Waals surface area contributed by atoms with E-state index in [0.29, 0.717) is 6.54 Å². The van der Waals surface area contributed by atoms with Crippen LogP contribution in [0.3, 0.4) is 0 Å². The van der Waals surface area contributed by atoms with Gasteiger partial charge in [0.25, 0.3) is 0 Å². The number of carbonyl (C=O) groups excluding carboxylic acids is 1. The fourth-order valence-electron chi connectivity index (χ4n) is 1.46. The summed E-state index contributed by atoms with van der Waals surface area (Å²) in [5.74, 6) is 1.07. The quantitative estimate of drug-likeness (QED) is 0.675. The molecule has 0 aromatic heterocycles. The lowest BCUT2D eigenvalue weighted by Gasteiger charge is -2.26. The van der Waals surface area contributed by atoms with E-state index in [2.05, 4.69) is 0 Å². The van der Waals surface area contributed by atoms with Gasteiger partial charge in [-0.2, -0.15) is 0 Å². The summed E-state index contributed by atoms with van der Waals surface area (Å²) in [5.41, 5.74) is -0.312. The normalized spacial score (nSPS) is 16.1. The standard InChI is InChI=1S/C11H19NO2/c1-11(2,3)10(13)12(4)8-9-6-5-7-14-9/h6H,5,7-8H2,1-4H3. The number of hydrogen-bond acceptors (Lipinski definition) is 2. The molecule has 0 aromatic rings. The molecule has 0 atom stereocenters. The second kappa shape index (κ2) is 4.03. The third-order valence-corrected chi connectivity index (χ3v) is 2.16. The van der Waals surface area contributed by atoms with Crippen molar-refractivity contribution in [1.29, 1.82) is 0 Å². The summed E-state index contributed by atoms with van der Waals surface area (Å²) >= 11 is 0. The lowest BCUT2D eigenvalue weighted by Crippen LogP contribution is -2.37. The Labute approximate surface area is 85.7 Å². The van der Waals surface area contributed by atoms with Gasteiger partial charge in [-0.05, 0) is 6.08 Å². The number of hydrogen-bond donors (Lipinski definition) is 0. The first kappa shape index (κ1) is 11.1. The van der Waals surface area contributed by atoms with Crippen LogP contribution in [0.1, 0.15) is 27.2 Å². The fraction of sp³-hybridized carbons (Fsp3) is 0.727. The van der Waals surface area contributed by atoms with Gasteiger partial charge in [0.05, 0.1) is 13.2 Å². The Bertz CT molecular complexity index is 251. The molecule has 0 aliphatic carbocycles. The third-order valence-electron chi connectivity index (χ3n) is 2.16. The summed E-state index contributed by atoms with van der Waals surface area (Å²) in [7, 11) is 1.82. The average Bonchev–Trinajstić information content (AvgIpc) is 2.53. The maximum Gasteiger partial charge on any atom is 0.228 e. The third kappa shape index (κ3) is 2.76. The molecule has 1 amide bonds. The number of ether oxygens (including phenoxy) is 1. The number of nitrogens with zero attached hydrogens (tertiary/aromatic N) is 1. The zero-order chi connectivity index (χ0) is 10.8. The SMILES string of the molecule is CN(CC1=CCCO1)C(=O)C(C)(C)C. The van der Waals surface area contributed by atoms with Crippen LogP contribution in [0.15, 0.2) is 11.8 Å². The Morgan fingerprint density at radius 3 is 2.64 bits per heavy atom. The molecule has 1 rings (SSSR count). The monoisotopic (exact) mass is 197 g/mol. The zero-order valence-corrected chi connectivity index (χ0v) is 9.46. The van der Waals surface area contributed by atoms with Crippen molar-refractivity contribution >= 4 is 5.91 Å². The highest BCUT2D eigenvalue weighted by Gasteiger charge is 2.25. The Morgan fingerprint density at radius 2 is 2.21 bits per heavy atom. The molecular weight excluding hydrogens is 178 g/mol. The van der Waals surface area contributed by atoms with Crippen molar-refractivity contribution in [2.45, 2.75) is 27.2 Å². The van der Waals surface area contributed by atoms with E-state index in [1.807, 2.05) is 33.9 Å². The topological polar surface area (TPSA) is 29.5 Å². The van der Waals surface area contributed by atoms with Gasteiger partial charge in [0.2, 0.25) is 5.91 Å². The maximum absolute atomic E-state index is 11.8. The smallest absolute Gasteiger partial charge is 0.228 e. The van der Waals surface area contributed by atoms with Crippen molar-refractivity contribution in [3.05, 3.63) is 11.8 Å². The van der Waals surface area contributed by atoms with Crippen LogP contribution in [-0.4, -0.2) is 31.0 Å². The summed E-state index contributed by atoms with van der Waals surface area (Å²) in [5, 5.41) is 0. The van der Waals surface area contributed by atoms with E-state index < -0.39 is 0 Å². The summed E-state index contributed by atoms with van der Waals surface area (Å²) in [6.45, 7) is 7.13. The molecule has 0 unspecified atom stereocenters. The predicted molar refractivity (Wildman–Crippen MR) is 55.7 cm³/mol. The van der Waals surface area contributed by atoms with Gasteiger partial charge in [0.1, 0.15) is 5.76 Å². The number of carbonyl (C=O) groups is 1. The first-order valence-electron chi connectivity index (χ1n) is 4.98. The van der Waals surface area contributed by atoms with Crippen molar-refractivity contribution < 1.29 is 9.53 Å². The Kier molecular flexibility index (Phi) is 3.19. The first-order valence-corrected chi connectivity index (χ1v) is 4.98. The summed E-state index contributed by atoms with van der Waals surface area (Å²) in [6.07, 6.45) is 3.01. The molecule has 0 bridgehead atoms. The number of rotatable bonds is 2. The van der Waals surface area contributed by atoms with Gasteiger partial charge in [0, 0.05) is 18.9 Å². The van der Waals surface area contributed by atoms with Crippen LogP contribution < -0.4 is 0 Å². The van der Waals surface area contributed by atoms with E-state index in [1.165, 1.54) is 0 Å². The molecule has 0 saturated heterocycles. The van der Waals surface area contributed by atoms with Gasteiger partial charge in [-0.15, -0.1) is 0 Å². The second-order valence-electron chi connectivity index (χ2n) is 4.72. The van der Waals surface area contributed by atoms with E-state index in [9.17, 15) is 4.79 Å². The zero-order valence-electron chi connectivity index (χ0n) is 9.46. The van der Waals surface area contributed by atoms with Crippen LogP contribution in [0, 0.1) is 5.41 Å². The van der Waals surface area contributed by atoms with Gasteiger partial charge >= 0.3 is 0 Å². The van der Waals surface area contributed by atoms with Crippen molar-refractivity contribution in [1.82, 2.24) is 4.90 Å². The second-order valence-corrected chi connectivity index (χ2v) is 4.72. The molecule has 0 aromatic carbocycles. The highest BCUT2D eigenvalue weighted by molar-refractivity contribution is 5.81. The van der Waals surface area contributed by atoms with Crippen LogP contribution in [0.5, 0.6) is 0 Å². The van der Waals surface area contributed by atoms with Gasteiger partial charge < -0.3 is 9.64 Å². The molecule has 0 fully saturated rings. The van der Waals surface area contributed by atoms with Crippen molar-refractivity contribution in [2.24, 2.45) is 5.41 Å². The fourth-order valence-corrected chi connectivity index (χ4v) is 1.46. The van der Waals surface area contributed by atoms with Crippen LogP contribution in [0.4, 0.5) is 0 Å². The predicted octanol–water partition coefficient (Wildman–Crippen LogP) is 1.80. The van der Waals surface area contributed by atoms with Gasteiger partial charge in [-0.1, -0.05) is 20.8 Å². The molecule has 0 radical (unpaired) electrons. The van der Waals surface area contributed by atoms with Crippen molar-refractivity contribution in [3.63, 3.8) is 0 Å². The van der Waals surface area contributed by atoms with E-state index in [-0.39, 0.29) is 11.3 Å².